The zero-order chi connectivity index (χ0) is 21.7. The lowest BCUT2D eigenvalue weighted by Gasteiger charge is -2.18. The van der Waals surface area contributed by atoms with Crippen LogP contribution in [0.2, 0.25) is 15.2 Å². The number of hydrogen-bond acceptors (Lipinski definition) is 5. The smallest absolute Gasteiger partial charge is 0.340 e. The summed E-state index contributed by atoms with van der Waals surface area (Å²) in [5, 5.41) is 3.17. The van der Waals surface area contributed by atoms with Crippen molar-refractivity contribution < 1.29 is 19.1 Å². The summed E-state index contributed by atoms with van der Waals surface area (Å²) >= 11 is 17.8. The van der Waals surface area contributed by atoms with Gasteiger partial charge >= 0.3 is 5.97 Å². The number of hydrogen-bond donors (Lipinski definition) is 1. The van der Waals surface area contributed by atoms with E-state index in [0.29, 0.717) is 22.0 Å². The van der Waals surface area contributed by atoms with Crippen molar-refractivity contribution in [1.82, 2.24) is 4.98 Å². The minimum atomic E-state index is -1.23. The molecule has 0 radical (unpaired) electrons. The van der Waals surface area contributed by atoms with Crippen molar-refractivity contribution in [3.63, 3.8) is 0 Å². The molecule has 9 heteroatoms. The molecule has 1 N–H and O–H groups in total. The van der Waals surface area contributed by atoms with Gasteiger partial charge in [-0.2, -0.15) is 0 Å². The van der Waals surface area contributed by atoms with Gasteiger partial charge in [-0.15, -0.1) is 0 Å². The molecule has 0 saturated heterocycles. The fourth-order valence-corrected chi connectivity index (χ4v) is 3.09. The van der Waals surface area contributed by atoms with Gasteiger partial charge in [0.25, 0.3) is 5.91 Å². The predicted molar refractivity (Wildman–Crippen MR) is 115 cm³/mol. The molecular formula is C21H15Cl3N2O4. The van der Waals surface area contributed by atoms with E-state index < -0.39 is 18.0 Å². The van der Waals surface area contributed by atoms with E-state index in [1.165, 1.54) is 25.4 Å². The Kier molecular flexibility index (Phi) is 7.15. The third kappa shape index (κ3) is 5.21. The van der Waals surface area contributed by atoms with E-state index in [1.807, 2.05) is 0 Å². The van der Waals surface area contributed by atoms with Crippen LogP contribution in [0.4, 0.5) is 5.69 Å². The normalized spacial score (nSPS) is 11.5. The Bertz CT molecular complexity index is 1080. The van der Waals surface area contributed by atoms with E-state index in [2.05, 4.69) is 10.3 Å². The Morgan fingerprint density at radius 2 is 1.73 bits per heavy atom. The third-order valence-electron chi connectivity index (χ3n) is 4.02. The molecule has 0 bridgehead atoms. The van der Waals surface area contributed by atoms with Crippen molar-refractivity contribution in [2.45, 2.75) is 6.10 Å². The molecule has 1 unspecified atom stereocenters. The number of amides is 1. The van der Waals surface area contributed by atoms with Crippen LogP contribution in [-0.2, 0) is 9.53 Å². The van der Waals surface area contributed by atoms with Gasteiger partial charge < -0.3 is 14.8 Å². The Morgan fingerprint density at radius 1 is 1.00 bits per heavy atom. The number of ether oxygens (including phenoxy) is 2. The number of methoxy groups -OCH3 is 1. The number of rotatable bonds is 6. The molecule has 30 heavy (non-hydrogen) atoms. The number of anilines is 1. The second-order valence-corrected chi connectivity index (χ2v) is 7.20. The molecule has 6 nitrogen and oxygen atoms in total. The first-order chi connectivity index (χ1) is 14.4. The molecule has 3 rings (SSSR count). The van der Waals surface area contributed by atoms with Crippen molar-refractivity contribution in [3.8, 4) is 5.75 Å². The van der Waals surface area contributed by atoms with Crippen LogP contribution in [0.15, 0.2) is 60.8 Å². The number of halogens is 3. The number of aromatic nitrogens is 1. The van der Waals surface area contributed by atoms with Gasteiger partial charge in [0.05, 0.1) is 22.7 Å². The molecule has 3 aromatic rings. The molecule has 1 atom stereocenters. The zero-order valence-electron chi connectivity index (χ0n) is 15.6. The largest absolute Gasteiger partial charge is 0.495 e. The summed E-state index contributed by atoms with van der Waals surface area (Å²) in [5.74, 6) is -0.880. The summed E-state index contributed by atoms with van der Waals surface area (Å²) in [6.45, 7) is 0. The highest BCUT2D eigenvalue weighted by Gasteiger charge is 2.26. The maximum absolute atomic E-state index is 12.9. The van der Waals surface area contributed by atoms with E-state index in [9.17, 15) is 9.59 Å². The van der Waals surface area contributed by atoms with Crippen LogP contribution in [0, 0.1) is 0 Å². The van der Waals surface area contributed by atoms with E-state index in [0.717, 1.165) is 0 Å². The Balaban J connectivity index is 1.85. The second-order valence-electron chi connectivity index (χ2n) is 6.03. The van der Waals surface area contributed by atoms with Crippen molar-refractivity contribution in [3.05, 3.63) is 87.1 Å². The molecule has 1 heterocycles. The van der Waals surface area contributed by atoms with Gasteiger partial charge in [0.15, 0.2) is 0 Å². The van der Waals surface area contributed by atoms with Crippen molar-refractivity contribution >= 4 is 52.4 Å². The maximum Gasteiger partial charge on any atom is 0.340 e. The number of benzene rings is 2. The molecule has 0 fully saturated rings. The van der Waals surface area contributed by atoms with Crippen molar-refractivity contribution in [1.29, 1.82) is 0 Å². The van der Waals surface area contributed by atoms with Gasteiger partial charge in [-0.1, -0.05) is 65.1 Å². The topological polar surface area (TPSA) is 77.5 Å². The average molecular weight is 466 g/mol. The van der Waals surface area contributed by atoms with Crippen molar-refractivity contribution in [2.75, 3.05) is 12.4 Å². The van der Waals surface area contributed by atoms with Crippen LogP contribution in [0.25, 0.3) is 0 Å². The van der Waals surface area contributed by atoms with Crippen LogP contribution >= 0.6 is 34.8 Å². The summed E-state index contributed by atoms with van der Waals surface area (Å²) in [7, 11) is 1.49. The van der Waals surface area contributed by atoms with Gasteiger partial charge in [-0.25, -0.2) is 9.78 Å². The molecule has 0 aliphatic heterocycles. The number of nitrogens with one attached hydrogen (secondary N) is 1. The highest BCUT2D eigenvalue weighted by atomic mass is 35.5. The summed E-state index contributed by atoms with van der Waals surface area (Å²) in [6, 6.07) is 14.7. The monoisotopic (exact) mass is 464 g/mol. The highest BCUT2D eigenvalue weighted by Crippen LogP contribution is 2.29. The summed E-state index contributed by atoms with van der Waals surface area (Å²) in [5.41, 5.74) is 0.959. The molecule has 2 aromatic carbocycles. The van der Waals surface area contributed by atoms with Crippen LogP contribution in [-0.4, -0.2) is 24.0 Å². The summed E-state index contributed by atoms with van der Waals surface area (Å²) in [4.78, 5) is 29.4. The number of pyridine rings is 1. The second kappa shape index (κ2) is 9.80. The fraction of sp³-hybridized carbons (Fsp3) is 0.0952. The third-order valence-corrected chi connectivity index (χ3v) is 5.00. The maximum atomic E-state index is 12.9. The zero-order valence-corrected chi connectivity index (χ0v) is 17.8. The number of carbonyl (C=O) groups is 2. The van der Waals surface area contributed by atoms with Gasteiger partial charge in [-0.05, 0) is 24.3 Å². The van der Waals surface area contributed by atoms with E-state index in [1.54, 1.807) is 42.5 Å². The lowest BCUT2D eigenvalue weighted by molar-refractivity contribution is -0.125. The SMILES string of the molecule is COc1ccc(NC(=O)C(OC(=O)c2cnc(Cl)c(Cl)c2)c2ccccc2)cc1Cl. The molecule has 1 aromatic heterocycles. The molecule has 0 saturated carbocycles. The minimum absolute atomic E-state index is 0.0574. The molecule has 0 spiro atoms. The Hall–Kier alpha value is -2.80. The quantitative estimate of drug-likeness (QED) is 0.379. The predicted octanol–water partition coefficient (Wildman–Crippen LogP) is 5.59. The highest BCUT2D eigenvalue weighted by molar-refractivity contribution is 6.41. The molecule has 0 aliphatic rings. The van der Waals surface area contributed by atoms with Gasteiger partial charge in [-0.3, -0.25) is 4.79 Å². The van der Waals surface area contributed by atoms with Gasteiger partial charge in [0.2, 0.25) is 6.10 Å². The minimum Gasteiger partial charge on any atom is -0.495 e. The molecule has 154 valence electrons. The number of esters is 1. The van der Waals surface area contributed by atoms with E-state index in [-0.39, 0.29) is 15.7 Å². The molecule has 0 aliphatic carbocycles. The standard InChI is InChI=1S/C21H15Cl3N2O4/c1-29-17-8-7-14(10-15(17)22)26-20(27)18(12-5-3-2-4-6-12)30-21(28)13-9-16(23)19(24)25-11-13/h2-11,18H,1H3,(H,26,27). The van der Waals surface area contributed by atoms with Crippen LogP contribution in [0.3, 0.4) is 0 Å². The lowest BCUT2D eigenvalue weighted by Crippen LogP contribution is -2.26. The lowest BCUT2D eigenvalue weighted by atomic mass is 10.1. The van der Waals surface area contributed by atoms with Gasteiger partial charge in [0, 0.05) is 17.4 Å². The Morgan fingerprint density at radius 3 is 2.37 bits per heavy atom. The van der Waals surface area contributed by atoms with E-state index in [4.69, 9.17) is 44.3 Å². The summed E-state index contributed by atoms with van der Waals surface area (Å²) in [6.07, 6.45) is -0.00577. The first kappa shape index (κ1) is 21.9. The summed E-state index contributed by atoms with van der Waals surface area (Å²) < 4.78 is 10.6. The average Bonchev–Trinajstić information content (AvgIpc) is 2.74. The molecule has 1 amide bonds. The first-order valence-electron chi connectivity index (χ1n) is 8.60. The van der Waals surface area contributed by atoms with Crippen LogP contribution in [0.1, 0.15) is 22.0 Å². The van der Waals surface area contributed by atoms with E-state index >= 15 is 0 Å². The first-order valence-corrected chi connectivity index (χ1v) is 9.74. The fourth-order valence-electron chi connectivity index (χ4n) is 2.56. The Labute approximate surface area is 187 Å². The van der Waals surface area contributed by atoms with Crippen molar-refractivity contribution in [2.24, 2.45) is 0 Å². The van der Waals surface area contributed by atoms with Crippen LogP contribution < -0.4 is 10.1 Å². The number of nitrogens with zero attached hydrogens (tertiary/aromatic N) is 1. The number of carbonyl (C=O) groups excluding carboxylic acids is 2. The van der Waals surface area contributed by atoms with Gasteiger partial charge in [0.1, 0.15) is 10.9 Å². The van der Waals surface area contributed by atoms with Crippen LogP contribution in [0.5, 0.6) is 5.75 Å². The molecular weight excluding hydrogens is 451 g/mol.